The maximum Gasteiger partial charge on any atom is 0.338 e. The second-order valence-electron chi connectivity index (χ2n) is 6.54. The monoisotopic (exact) mass is 371 g/mol. The summed E-state index contributed by atoms with van der Waals surface area (Å²) in [7, 11) is 0. The van der Waals surface area contributed by atoms with Crippen LogP contribution in [0.5, 0.6) is 0 Å². The van der Waals surface area contributed by atoms with Gasteiger partial charge in [0.2, 0.25) is 11.7 Å². The molecule has 0 radical (unpaired) electrons. The van der Waals surface area contributed by atoms with E-state index in [1.807, 2.05) is 13.8 Å². The zero-order chi connectivity index (χ0) is 20.0. The van der Waals surface area contributed by atoms with Crippen LogP contribution in [0.25, 0.3) is 11.4 Å². The Hall–Kier alpha value is -3.03. The van der Waals surface area contributed by atoms with Gasteiger partial charge in [0.25, 0.3) is 0 Å². The van der Waals surface area contributed by atoms with Gasteiger partial charge in [0.1, 0.15) is 6.54 Å². The number of aromatic nitrogens is 4. The van der Waals surface area contributed by atoms with Gasteiger partial charge < -0.3 is 9.64 Å². The number of hydrogen-bond donors (Lipinski definition) is 0. The summed E-state index contributed by atoms with van der Waals surface area (Å²) < 4.78 is 5.20. The Labute approximate surface area is 158 Å². The van der Waals surface area contributed by atoms with E-state index in [9.17, 15) is 9.59 Å². The van der Waals surface area contributed by atoms with Crippen LogP contribution in [-0.2, 0) is 16.1 Å². The summed E-state index contributed by atoms with van der Waals surface area (Å²) in [5.41, 5.74) is 1.94. The first-order valence-electron chi connectivity index (χ1n) is 8.81. The van der Waals surface area contributed by atoms with Crippen LogP contribution in [0.3, 0.4) is 0 Å². The van der Waals surface area contributed by atoms with E-state index in [2.05, 4.69) is 22.0 Å². The van der Waals surface area contributed by atoms with Crippen LogP contribution in [-0.4, -0.2) is 56.2 Å². The van der Waals surface area contributed by atoms with E-state index in [4.69, 9.17) is 4.74 Å². The molecule has 27 heavy (non-hydrogen) atoms. The SMILES string of the molecule is C=C(C)CN(CC)C(=O)Cn1nnc(-c2cccc(C(=O)OC(C)C)c2)n1. The molecule has 0 saturated carbocycles. The quantitative estimate of drug-likeness (QED) is 0.522. The van der Waals surface area contributed by atoms with Gasteiger partial charge in [-0.15, -0.1) is 10.2 Å². The molecule has 0 aliphatic rings. The third-order valence-electron chi connectivity index (χ3n) is 3.62. The fourth-order valence-corrected chi connectivity index (χ4v) is 2.42. The lowest BCUT2D eigenvalue weighted by molar-refractivity contribution is -0.131. The molecule has 2 rings (SSSR count). The van der Waals surface area contributed by atoms with Crippen LogP contribution in [0, 0.1) is 0 Å². The van der Waals surface area contributed by atoms with Crippen LogP contribution >= 0.6 is 0 Å². The van der Waals surface area contributed by atoms with Crippen molar-refractivity contribution in [2.75, 3.05) is 13.1 Å². The van der Waals surface area contributed by atoms with Gasteiger partial charge in [0.15, 0.2) is 0 Å². The molecule has 0 bridgehead atoms. The van der Waals surface area contributed by atoms with Crippen LogP contribution in [0.2, 0.25) is 0 Å². The summed E-state index contributed by atoms with van der Waals surface area (Å²) in [6.07, 6.45) is -0.202. The lowest BCUT2D eigenvalue weighted by Crippen LogP contribution is -2.35. The van der Waals surface area contributed by atoms with Crippen molar-refractivity contribution < 1.29 is 14.3 Å². The Kier molecular flexibility index (Phi) is 6.81. The molecule has 0 atom stereocenters. The molecule has 0 saturated heterocycles. The number of esters is 1. The molecule has 0 spiro atoms. The van der Waals surface area contributed by atoms with E-state index in [1.165, 1.54) is 4.80 Å². The second-order valence-corrected chi connectivity index (χ2v) is 6.54. The predicted octanol–water partition coefficient (Wildman–Crippen LogP) is 2.33. The summed E-state index contributed by atoms with van der Waals surface area (Å²) in [5, 5.41) is 12.2. The molecule has 8 nitrogen and oxygen atoms in total. The lowest BCUT2D eigenvalue weighted by Gasteiger charge is -2.20. The molecule has 0 N–H and O–H groups in total. The van der Waals surface area contributed by atoms with Gasteiger partial charge in [-0.25, -0.2) is 4.79 Å². The first-order chi connectivity index (χ1) is 12.8. The maximum atomic E-state index is 12.4. The number of hydrogen-bond acceptors (Lipinski definition) is 6. The minimum Gasteiger partial charge on any atom is -0.459 e. The molecule has 1 heterocycles. The molecule has 0 aliphatic heterocycles. The average molecular weight is 371 g/mol. The molecular weight excluding hydrogens is 346 g/mol. The minimum atomic E-state index is -0.409. The van der Waals surface area contributed by atoms with E-state index >= 15 is 0 Å². The van der Waals surface area contributed by atoms with E-state index < -0.39 is 5.97 Å². The second kappa shape index (κ2) is 9.07. The molecular formula is C19H25N5O3. The van der Waals surface area contributed by atoms with Crippen molar-refractivity contribution in [1.29, 1.82) is 0 Å². The van der Waals surface area contributed by atoms with Crippen LogP contribution in [0.4, 0.5) is 0 Å². The summed E-state index contributed by atoms with van der Waals surface area (Å²) in [5.74, 6) is -0.184. The van der Waals surface area contributed by atoms with Crippen molar-refractivity contribution in [3.05, 3.63) is 42.0 Å². The first kappa shape index (κ1) is 20.3. The molecule has 1 aromatic heterocycles. The number of likely N-dealkylation sites (N-methyl/N-ethyl adjacent to an activating group) is 1. The number of carbonyl (C=O) groups excluding carboxylic acids is 2. The standard InChI is InChI=1S/C19H25N5O3/c1-6-23(11-13(2)3)17(25)12-24-21-18(20-22-24)15-8-7-9-16(10-15)19(26)27-14(4)5/h7-10,14H,2,6,11-12H2,1,3-5H3. The Bertz CT molecular complexity index is 828. The molecule has 1 aromatic carbocycles. The van der Waals surface area contributed by atoms with Crippen molar-refractivity contribution in [2.45, 2.75) is 40.3 Å². The normalized spacial score (nSPS) is 10.7. The van der Waals surface area contributed by atoms with Gasteiger partial charge in [-0.2, -0.15) is 4.80 Å². The third kappa shape index (κ3) is 5.73. The van der Waals surface area contributed by atoms with Gasteiger partial charge >= 0.3 is 5.97 Å². The summed E-state index contributed by atoms with van der Waals surface area (Å²) in [6.45, 7) is 12.3. The van der Waals surface area contributed by atoms with Gasteiger partial charge in [0.05, 0.1) is 11.7 Å². The molecule has 1 amide bonds. The molecule has 8 heteroatoms. The van der Waals surface area contributed by atoms with Crippen molar-refractivity contribution in [3.63, 3.8) is 0 Å². The Morgan fingerprint density at radius 1 is 1.33 bits per heavy atom. The number of rotatable bonds is 8. The highest BCUT2D eigenvalue weighted by Crippen LogP contribution is 2.16. The molecule has 0 unspecified atom stereocenters. The van der Waals surface area contributed by atoms with Crippen molar-refractivity contribution in [1.82, 2.24) is 25.1 Å². The number of carbonyl (C=O) groups is 2. The van der Waals surface area contributed by atoms with Crippen molar-refractivity contribution in [2.24, 2.45) is 0 Å². The summed E-state index contributed by atoms with van der Waals surface area (Å²) in [6, 6.07) is 6.81. The minimum absolute atomic E-state index is 0.0107. The fourth-order valence-electron chi connectivity index (χ4n) is 2.42. The summed E-state index contributed by atoms with van der Waals surface area (Å²) in [4.78, 5) is 27.3. The third-order valence-corrected chi connectivity index (χ3v) is 3.62. The lowest BCUT2D eigenvalue weighted by atomic mass is 10.1. The molecule has 0 aliphatic carbocycles. The predicted molar refractivity (Wildman–Crippen MR) is 101 cm³/mol. The smallest absolute Gasteiger partial charge is 0.338 e. The largest absolute Gasteiger partial charge is 0.459 e. The number of nitrogens with zero attached hydrogens (tertiary/aromatic N) is 5. The van der Waals surface area contributed by atoms with E-state index in [0.29, 0.717) is 30.0 Å². The Morgan fingerprint density at radius 3 is 2.70 bits per heavy atom. The van der Waals surface area contributed by atoms with Crippen LogP contribution in [0.1, 0.15) is 38.1 Å². The van der Waals surface area contributed by atoms with Crippen molar-refractivity contribution in [3.8, 4) is 11.4 Å². The highest BCUT2D eigenvalue weighted by Gasteiger charge is 2.16. The summed E-state index contributed by atoms with van der Waals surface area (Å²) >= 11 is 0. The highest BCUT2D eigenvalue weighted by molar-refractivity contribution is 5.90. The number of benzene rings is 1. The van der Waals surface area contributed by atoms with Crippen molar-refractivity contribution >= 4 is 11.9 Å². The van der Waals surface area contributed by atoms with Gasteiger partial charge in [0, 0.05) is 18.7 Å². The number of tetrazole rings is 1. The highest BCUT2D eigenvalue weighted by atomic mass is 16.5. The zero-order valence-corrected chi connectivity index (χ0v) is 16.2. The fraction of sp³-hybridized carbons (Fsp3) is 0.421. The molecule has 144 valence electrons. The maximum absolute atomic E-state index is 12.4. The van der Waals surface area contributed by atoms with Gasteiger partial charge in [-0.3, -0.25) is 4.79 Å². The topological polar surface area (TPSA) is 90.2 Å². The zero-order valence-electron chi connectivity index (χ0n) is 16.2. The van der Waals surface area contributed by atoms with Gasteiger partial charge in [-0.05, 0) is 45.0 Å². The van der Waals surface area contributed by atoms with Gasteiger partial charge in [-0.1, -0.05) is 24.3 Å². The number of ether oxygens (including phenoxy) is 1. The van der Waals surface area contributed by atoms with E-state index in [-0.39, 0.29) is 18.6 Å². The average Bonchev–Trinajstić information content (AvgIpc) is 3.07. The first-order valence-corrected chi connectivity index (χ1v) is 8.81. The van der Waals surface area contributed by atoms with E-state index in [1.54, 1.807) is 43.0 Å². The Balaban J connectivity index is 2.12. The van der Waals surface area contributed by atoms with Crippen LogP contribution in [0.15, 0.2) is 36.4 Å². The molecule has 0 fully saturated rings. The number of amides is 1. The Morgan fingerprint density at radius 2 is 2.07 bits per heavy atom. The van der Waals surface area contributed by atoms with E-state index in [0.717, 1.165) is 5.57 Å². The molecule has 2 aromatic rings. The van der Waals surface area contributed by atoms with Crippen LogP contribution < -0.4 is 0 Å².